The van der Waals surface area contributed by atoms with Gasteiger partial charge in [-0.25, -0.2) is 4.79 Å². The van der Waals surface area contributed by atoms with E-state index in [9.17, 15) is 9.90 Å². The summed E-state index contributed by atoms with van der Waals surface area (Å²) in [5, 5.41) is 19.0. The fraction of sp³-hybridized carbons (Fsp3) is 0. The molecule has 0 unspecified atom stereocenters. The Morgan fingerprint density at radius 2 is 1.90 bits per heavy atom. The van der Waals surface area contributed by atoms with Gasteiger partial charge in [0.25, 0.3) is 0 Å². The zero-order valence-electron chi connectivity index (χ0n) is 10.0. The van der Waals surface area contributed by atoms with E-state index in [2.05, 4.69) is 36.9 Å². The largest absolute Gasteiger partial charge is 0.506 e. The molecule has 2 N–H and O–H groups in total. The number of carbonyl (C=O) groups is 1. The lowest BCUT2D eigenvalue weighted by Crippen LogP contribution is -1.96. The maximum absolute atomic E-state index is 11.1. The van der Waals surface area contributed by atoms with Crippen molar-refractivity contribution in [3.63, 3.8) is 0 Å². The van der Waals surface area contributed by atoms with E-state index < -0.39 is 5.97 Å². The molecule has 0 heterocycles. The molecule has 2 aromatic carbocycles. The Hall–Kier alpha value is -1.66. The van der Waals surface area contributed by atoms with E-state index in [0.29, 0.717) is 15.7 Å². The molecule has 0 saturated heterocycles. The summed E-state index contributed by atoms with van der Waals surface area (Å²) >= 11 is 6.54. The Bertz CT molecular complexity index is 699. The number of hydrogen-bond acceptors (Lipinski definition) is 3. The van der Waals surface area contributed by atoms with E-state index in [1.54, 1.807) is 30.3 Å². The minimum absolute atomic E-state index is 0.0461. The van der Waals surface area contributed by atoms with Gasteiger partial charge in [-0.2, -0.15) is 0 Å². The Labute approximate surface area is 132 Å². The van der Waals surface area contributed by atoms with Crippen LogP contribution in [0.25, 0.3) is 0 Å². The molecule has 0 spiro atoms. The molecule has 0 saturated carbocycles. The number of benzene rings is 2. The van der Waals surface area contributed by atoms with Crippen LogP contribution in [-0.2, 0) is 0 Å². The second-order valence-corrected chi connectivity index (χ2v) is 5.68. The van der Waals surface area contributed by atoms with Crippen LogP contribution in [0.4, 0.5) is 5.69 Å². The molecule has 0 aliphatic heterocycles. The third-order valence-corrected chi connectivity index (χ3v) is 3.60. The third kappa shape index (κ3) is 3.26. The number of aromatic carboxylic acids is 1. The van der Waals surface area contributed by atoms with Crippen molar-refractivity contribution >= 4 is 49.7 Å². The normalized spacial score (nSPS) is 10.9. The molecule has 0 aliphatic rings. The number of carboxylic acid groups (broad SMARTS) is 1. The molecule has 102 valence electrons. The number of nitrogens with zero attached hydrogens (tertiary/aromatic N) is 1. The lowest BCUT2D eigenvalue weighted by atomic mass is 10.2. The first-order valence-electron chi connectivity index (χ1n) is 5.53. The standard InChI is InChI=1S/C14H9Br2NO3/c15-9-5-8(13(18)11(16)6-9)7-17-12-4-2-1-3-10(12)14(19)20/h1-7,18H,(H,19,20). The number of aromatic hydroxyl groups is 1. The van der Waals surface area contributed by atoms with Gasteiger partial charge in [-0.15, -0.1) is 0 Å². The predicted octanol–water partition coefficient (Wildman–Crippen LogP) is 4.37. The van der Waals surface area contributed by atoms with Crippen molar-refractivity contribution in [2.75, 3.05) is 0 Å². The molecule has 0 fully saturated rings. The zero-order valence-corrected chi connectivity index (χ0v) is 13.2. The second kappa shape index (κ2) is 6.19. The zero-order chi connectivity index (χ0) is 14.7. The summed E-state index contributed by atoms with van der Waals surface area (Å²) in [7, 11) is 0. The van der Waals surface area contributed by atoms with Gasteiger partial charge in [-0.05, 0) is 40.2 Å². The minimum atomic E-state index is -1.04. The fourth-order valence-corrected chi connectivity index (χ4v) is 2.85. The molecule has 0 aliphatic carbocycles. The first-order valence-corrected chi connectivity index (χ1v) is 7.12. The molecule has 4 nitrogen and oxygen atoms in total. The molecule has 0 bridgehead atoms. The minimum Gasteiger partial charge on any atom is -0.506 e. The summed E-state index contributed by atoms with van der Waals surface area (Å²) < 4.78 is 1.30. The average molecular weight is 399 g/mol. The SMILES string of the molecule is O=C(O)c1ccccc1N=Cc1cc(Br)cc(Br)c1O. The maximum Gasteiger partial charge on any atom is 0.337 e. The number of hydrogen-bond donors (Lipinski definition) is 2. The fourth-order valence-electron chi connectivity index (χ4n) is 1.59. The molecule has 2 aromatic rings. The maximum atomic E-state index is 11.1. The van der Waals surface area contributed by atoms with Gasteiger partial charge >= 0.3 is 5.97 Å². The monoisotopic (exact) mass is 397 g/mol. The molecule has 0 atom stereocenters. The van der Waals surface area contributed by atoms with Crippen molar-refractivity contribution in [1.82, 2.24) is 0 Å². The highest BCUT2D eigenvalue weighted by molar-refractivity contribution is 9.11. The highest BCUT2D eigenvalue weighted by Crippen LogP contribution is 2.31. The number of carboxylic acids is 1. The van der Waals surface area contributed by atoms with Gasteiger partial charge in [0.05, 0.1) is 15.7 Å². The van der Waals surface area contributed by atoms with Gasteiger partial charge in [0, 0.05) is 16.3 Å². The molecule has 6 heteroatoms. The lowest BCUT2D eigenvalue weighted by Gasteiger charge is -2.03. The number of phenols is 1. The van der Waals surface area contributed by atoms with Crippen LogP contribution in [-0.4, -0.2) is 22.4 Å². The van der Waals surface area contributed by atoms with Crippen molar-refractivity contribution in [2.45, 2.75) is 0 Å². The van der Waals surface area contributed by atoms with Crippen LogP contribution < -0.4 is 0 Å². The second-order valence-electron chi connectivity index (χ2n) is 3.91. The van der Waals surface area contributed by atoms with Crippen LogP contribution in [0.1, 0.15) is 15.9 Å². The quantitative estimate of drug-likeness (QED) is 0.754. The van der Waals surface area contributed by atoms with Crippen LogP contribution in [0.15, 0.2) is 50.3 Å². The van der Waals surface area contributed by atoms with Crippen LogP contribution >= 0.6 is 31.9 Å². The van der Waals surface area contributed by atoms with Crippen molar-refractivity contribution in [3.8, 4) is 5.75 Å². The van der Waals surface area contributed by atoms with E-state index in [4.69, 9.17) is 5.11 Å². The van der Waals surface area contributed by atoms with E-state index in [1.165, 1.54) is 12.3 Å². The topological polar surface area (TPSA) is 69.9 Å². The number of para-hydroxylation sites is 1. The van der Waals surface area contributed by atoms with Crippen molar-refractivity contribution in [3.05, 3.63) is 56.5 Å². The highest BCUT2D eigenvalue weighted by atomic mass is 79.9. The van der Waals surface area contributed by atoms with Crippen LogP contribution in [0.2, 0.25) is 0 Å². The molecule has 20 heavy (non-hydrogen) atoms. The molecular weight excluding hydrogens is 390 g/mol. The van der Waals surface area contributed by atoms with Gasteiger partial charge in [0.15, 0.2) is 0 Å². The first kappa shape index (κ1) is 14.7. The van der Waals surface area contributed by atoms with Crippen molar-refractivity contribution in [2.24, 2.45) is 4.99 Å². The summed E-state index contributed by atoms with van der Waals surface area (Å²) in [5.41, 5.74) is 0.916. The Balaban J connectivity index is 2.42. The number of phenolic OH excluding ortho intramolecular Hbond substituents is 1. The van der Waals surface area contributed by atoms with Gasteiger partial charge in [0.1, 0.15) is 5.75 Å². The van der Waals surface area contributed by atoms with Gasteiger partial charge in [0.2, 0.25) is 0 Å². The van der Waals surface area contributed by atoms with Gasteiger partial charge in [-0.1, -0.05) is 28.1 Å². The Kier molecular flexibility index (Phi) is 4.57. The van der Waals surface area contributed by atoms with E-state index in [0.717, 1.165) is 4.47 Å². The van der Waals surface area contributed by atoms with Gasteiger partial charge < -0.3 is 10.2 Å². The van der Waals surface area contributed by atoms with E-state index >= 15 is 0 Å². The molecular formula is C14H9Br2NO3. The molecule has 0 amide bonds. The summed E-state index contributed by atoms with van der Waals surface area (Å²) in [6.45, 7) is 0. The number of halogens is 2. The predicted molar refractivity (Wildman–Crippen MR) is 84.2 cm³/mol. The van der Waals surface area contributed by atoms with Gasteiger partial charge in [-0.3, -0.25) is 4.99 Å². The van der Waals surface area contributed by atoms with E-state index in [-0.39, 0.29) is 11.3 Å². The Morgan fingerprint density at radius 3 is 2.60 bits per heavy atom. The summed E-state index contributed by atoms with van der Waals surface area (Å²) in [6, 6.07) is 9.81. The number of aliphatic imine (C=N–C) groups is 1. The van der Waals surface area contributed by atoms with Crippen LogP contribution in [0.5, 0.6) is 5.75 Å². The lowest BCUT2D eigenvalue weighted by molar-refractivity contribution is 0.0698. The Morgan fingerprint density at radius 1 is 1.20 bits per heavy atom. The molecule has 0 radical (unpaired) electrons. The summed E-state index contributed by atoms with van der Waals surface area (Å²) in [5.74, 6) is -0.998. The molecule has 2 rings (SSSR count). The third-order valence-electron chi connectivity index (χ3n) is 2.53. The van der Waals surface area contributed by atoms with E-state index in [1.807, 2.05) is 0 Å². The first-order chi connectivity index (χ1) is 9.49. The van der Waals surface area contributed by atoms with Crippen LogP contribution in [0.3, 0.4) is 0 Å². The highest BCUT2D eigenvalue weighted by Gasteiger charge is 2.09. The van der Waals surface area contributed by atoms with Crippen LogP contribution in [0, 0.1) is 0 Å². The average Bonchev–Trinajstić information content (AvgIpc) is 2.41. The van der Waals surface area contributed by atoms with Crippen molar-refractivity contribution in [1.29, 1.82) is 0 Å². The number of rotatable bonds is 3. The summed E-state index contributed by atoms with van der Waals surface area (Å²) in [4.78, 5) is 15.2. The van der Waals surface area contributed by atoms with Crippen molar-refractivity contribution < 1.29 is 15.0 Å². The smallest absolute Gasteiger partial charge is 0.337 e. The molecule has 0 aromatic heterocycles. The summed E-state index contributed by atoms with van der Waals surface area (Å²) in [6.07, 6.45) is 1.42.